The van der Waals surface area contributed by atoms with Gasteiger partial charge in [0.2, 0.25) is 5.76 Å². The van der Waals surface area contributed by atoms with Gasteiger partial charge in [0.15, 0.2) is 5.84 Å². The molecule has 2 rings (SSSR count). The summed E-state index contributed by atoms with van der Waals surface area (Å²) in [6.07, 6.45) is 1.03. The second-order valence-corrected chi connectivity index (χ2v) is 9.54. The van der Waals surface area contributed by atoms with Crippen molar-refractivity contribution in [2.45, 2.75) is 44.1 Å². The van der Waals surface area contributed by atoms with Crippen LogP contribution in [0.2, 0.25) is 0 Å². The van der Waals surface area contributed by atoms with Crippen molar-refractivity contribution in [3.63, 3.8) is 0 Å². The number of carbonyl (C=O) groups excluding carboxylic acids is 2. The quantitative estimate of drug-likeness (QED) is 0.0893. The number of aliphatic hydroxyl groups excluding tert-OH is 1. The van der Waals surface area contributed by atoms with E-state index in [2.05, 4.69) is 5.32 Å². The van der Waals surface area contributed by atoms with Gasteiger partial charge in [-0.05, 0) is 58.8 Å². The fraction of sp³-hybridized carbons (Fsp3) is 0.522. The summed E-state index contributed by atoms with van der Waals surface area (Å²) >= 11 is 0. The summed E-state index contributed by atoms with van der Waals surface area (Å²) in [5.74, 6) is -3.51. The van der Waals surface area contributed by atoms with E-state index in [1.54, 1.807) is 26.0 Å². The zero-order valence-corrected chi connectivity index (χ0v) is 21.4. The fourth-order valence-electron chi connectivity index (χ4n) is 3.41. The van der Waals surface area contributed by atoms with Crippen molar-refractivity contribution in [2.75, 3.05) is 39.5 Å². The van der Waals surface area contributed by atoms with Crippen LogP contribution in [-0.4, -0.2) is 80.9 Å². The molecule has 0 spiro atoms. The Morgan fingerprint density at radius 3 is 2.31 bits per heavy atom. The lowest BCUT2D eigenvalue weighted by atomic mass is 9.91. The number of piperidine rings is 1. The predicted octanol–water partition coefficient (Wildman–Crippen LogP) is 1.04. The summed E-state index contributed by atoms with van der Waals surface area (Å²) in [4.78, 5) is 30.0. The SMILES string of the molecule is CCOC(=O)C=C(ON(C(=N)C1(OCCO)CCNCC1)S(=O)(=O)c1ccc(C)cc1)C(=O)OCC. The first-order valence-electron chi connectivity index (χ1n) is 11.5. The van der Waals surface area contributed by atoms with Crippen LogP contribution in [0, 0.1) is 12.3 Å². The van der Waals surface area contributed by atoms with Gasteiger partial charge in [-0.1, -0.05) is 22.2 Å². The van der Waals surface area contributed by atoms with Crippen LogP contribution in [0.4, 0.5) is 0 Å². The third kappa shape index (κ3) is 7.26. The van der Waals surface area contributed by atoms with Crippen molar-refractivity contribution in [1.82, 2.24) is 9.79 Å². The van der Waals surface area contributed by atoms with Gasteiger partial charge in [0, 0.05) is 0 Å². The molecule has 0 bridgehead atoms. The molecule has 0 radical (unpaired) electrons. The molecule has 0 aromatic heterocycles. The number of benzene rings is 1. The highest BCUT2D eigenvalue weighted by Crippen LogP contribution is 2.31. The molecule has 0 amide bonds. The number of hydrogen-bond acceptors (Lipinski definition) is 11. The molecule has 200 valence electrons. The van der Waals surface area contributed by atoms with Crippen molar-refractivity contribution in [3.05, 3.63) is 41.7 Å². The van der Waals surface area contributed by atoms with E-state index in [1.807, 2.05) is 0 Å². The molecule has 12 nitrogen and oxygen atoms in total. The average molecular weight is 528 g/mol. The van der Waals surface area contributed by atoms with E-state index in [-0.39, 0.29) is 48.6 Å². The summed E-state index contributed by atoms with van der Waals surface area (Å²) in [6, 6.07) is 5.80. The minimum Gasteiger partial charge on any atom is -0.463 e. The van der Waals surface area contributed by atoms with Crippen molar-refractivity contribution < 1.29 is 42.2 Å². The zero-order chi connectivity index (χ0) is 26.8. The van der Waals surface area contributed by atoms with Gasteiger partial charge in [0.05, 0.1) is 37.4 Å². The monoisotopic (exact) mass is 527 g/mol. The Labute approximate surface area is 210 Å². The summed E-state index contributed by atoms with van der Waals surface area (Å²) in [7, 11) is -4.60. The summed E-state index contributed by atoms with van der Waals surface area (Å²) in [5, 5.41) is 21.3. The van der Waals surface area contributed by atoms with Gasteiger partial charge in [-0.15, -0.1) is 0 Å². The Hall–Kier alpha value is -3.00. The molecule has 1 saturated heterocycles. The molecule has 1 fully saturated rings. The molecule has 3 N–H and O–H groups in total. The first-order valence-corrected chi connectivity index (χ1v) is 13.0. The number of sulfonamides is 1. The van der Waals surface area contributed by atoms with Crippen LogP contribution in [0.5, 0.6) is 0 Å². The molecule has 1 aliphatic heterocycles. The molecular formula is C23H33N3O9S. The molecule has 1 aliphatic rings. The van der Waals surface area contributed by atoms with Crippen molar-refractivity contribution in [2.24, 2.45) is 0 Å². The number of nitrogens with one attached hydrogen (secondary N) is 2. The molecule has 0 unspecified atom stereocenters. The number of aryl methyl sites for hydroxylation is 1. The molecule has 13 heteroatoms. The van der Waals surface area contributed by atoms with E-state index in [0.717, 1.165) is 5.56 Å². The second-order valence-electron chi connectivity index (χ2n) is 7.78. The summed E-state index contributed by atoms with van der Waals surface area (Å²) < 4.78 is 43.2. The van der Waals surface area contributed by atoms with E-state index >= 15 is 0 Å². The molecule has 0 aliphatic carbocycles. The Kier molecular flexibility index (Phi) is 10.8. The van der Waals surface area contributed by atoms with E-state index in [1.165, 1.54) is 19.1 Å². The van der Waals surface area contributed by atoms with E-state index in [4.69, 9.17) is 24.5 Å². The molecule has 1 heterocycles. The van der Waals surface area contributed by atoms with Gasteiger partial charge in [-0.2, -0.15) is 8.42 Å². The molecule has 1 aromatic carbocycles. The highest BCUT2D eigenvalue weighted by Gasteiger charge is 2.46. The smallest absolute Gasteiger partial charge is 0.377 e. The van der Waals surface area contributed by atoms with E-state index in [9.17, 15) is 23.1 Å². The zero-order valence-electron chi connectivity index (χ0n) is 20.6. The van der Waals surface area contributed by atoms with Gasteiger partial charge in [-0.25, -0.2) is 9.59 Å². The molecule has 36 heavy (non-hydrogen) atoms. The number of aliphatic hydroxyl groups is 1. The first kappa shape index (κ1) is 29.2. The Morgan fingerprint density at radius 2 is 1.75 bits per heavy atom. The van der Waals surface area contributed by atoms with Crippen LogP contribution < -0.4 is 5.32 Å². The van der Waals surface area contributed by atoms with Gasteiger partial charge in [-0.3, -0.25) is 5.41 Å². The number of nitrogens with zero attached hydrogens (tertiary/aromatic N) is 1. The van der Waals surface area contributed by atoms with Crippen LogP contribution in [0.1, 0.15) is 32.3 Å². The Balaban J connectivity index is 2.63. The maximum atomic E-state index is 13.7. The number of carbonyl (C=O) groups is 2. The Bertz CT molecular complexity index is 1050. The summed E-state index contributed by atoms with van der Waals surface area (Å²) in [6.45, 7) is 5.05. The number of esters is 2. The van der Waals surface area contributed by atoms with Crippen LogP contribution in [0.3, 0.4) is 0 Å². The van der Waals surface area contributed by atoms with Crippen LogP contribution in [0.25, 0.3) is 0 Å². The van der Waals surface area contributed by atoms with Gasteiger partial charge in [0.1, 0.15) is 5.60 Å². The maximum Gasteiger partial charge on any atom is 0.377 e. The second kappa shape index (κ2) is 13.3. The number of amidine groups is 1. The predicted molar refractivity (Wildman–Crippen MR) is 128 cm³/mol. The van der Waals surface area contributed by atoms with Crippen LogP contribution in [0.15, 0.2) is 41.0 Å². The summed E-state index contributed by atoms with van der Waals surface area (Å²) in [5.41, 5.74) is -0.665. The first-order chi connectivity index (χ1) is 17.1. The van der Waals surface area contributed by atoms with E-state index in [0.29, 0.717) is 19.2 Å². The molecule has 0 saturated carbocycles. The highest BCUT2D eigenvalue weighted by molar-refractivity contribution is 7.89. The largest absolute Gasteiger partial charge is 0.463 e. The molecule has 0 atom stereocenters. The third-order valence-corrected chi connectivity index (χ3v) is 6.79. The fourth-order valence-corrected chi connectivity index (χ4v) is 4.67. The molecule has 1 aromatic rings. The van der Waals surface area contributed by atoms with Crippen molar-refractivity contribution in [3.8, 4) is 0 Å². The number of hydrogen-bond donors (Lipinski definition) is 3. The van der Waals surface area contributed by atoms with Crippen molar-refractivity contribution >= 4 is 27.8 Å². The lowest BCUT2D eigenvalue weighted by Crippen LogP contribution is -2.57. The average Bonchev–Trinajstić information content (AvgIpc) is 2.85. The topological polar surface area (TPSA) is 165 Å². The van der Waals surface area contributed by atoms with E-state index < -0.39 is 39.2 Å². The minimum atomic E-state index is -4.60. The standard InChI is InChI=1S/C23H33N3O9S/c1-4-32-20(28)16-19(21(29)33-5-2)35-26(36(30,31)18-8-6-17(3)7-9-18)22(24)23(34-15-14-27)10-12-25-13-11-23/h6-9,16,24-25,27H,4-5,10-15H2,1-3H3. The molecular weight excluding hydrogens is 494 g/mol. The highest BCUT2D eigenvalue weighted by atomic mass is 32.2. The van der Waals surface area contributed by atoms with Gasteiger partial charge < -0.3 is 29.5 Å². The number of hydroxylamine groups is 1. The van der Waals surface area contributed by atoms with Crippen LogP contribution >= 0.6 is 0 Å². The van der Waals surface area contributed by atoms with Crippen molar-refractivity contribution in [1.29, 1.82) is 5.41 Å². The Morgan fingerprint density at radius 1 is 1.14 bits per heavy atom. The van der Waals surface area contributed by atoms with Crippen LogP contribution in [-0.2, 0) is 38.7 Å². The third-order valence-electron chi connectivity index (χ3n) is 5.23. The number of rotatable bonds is 12. The minimum absolute atomic E-state index is 0.00223. The lowest BCUT2D eigenvalue weighted by molar-refractivity contribution is -0.149. The number of ether oxygens (including phenoxy) is 3. The normalized spacial score (nSPS) is 15.6. The maximum absolute atomic E-state index is 13.7. The van der Waals surface area contributed by atoms with Gasteiger partial charge in [0.25, 0.3) is 10.0 Å². The van der Waals surface area contributed by atoms with Gasteiger partial charge >= 0.3 is 11.9 Å². The lowest BCUT2D eigenvalue weighted by Gasteiger charge is -2.40.